The zero-order valence-electron chi connectivity index (χ0n) is 9.20. The Morgan fingerprint density at radius 1 is 1.47 bits per heavy atom. The fraction of sp³-hybridized carbons (Fsp3) is 0.600. The summed E-state index contributed by atoms with van der Waals surface area (Å²) in [5, 5.41) is 2.15. The standard InChI is InChI=1S/C10H16BrNO2S/c1-12(6-10(13-2)14-3)5-8-4-9(11)15-7-8/h4,7,10H,5-6H2,1-3H3. The molecule has 0 radical (unpaired) electrons. The van der Waals surface area contributed by atoms with Gasteiger partial charge in [0.2, 0.25) is 0 Å². The minimum Gasteiger partial charge on any atom is -0.355 e. The van der Waals surface area contributed by atoms with Gasteiger partial charge in [0.15, 0.2) is 6.29 Å². The van der Waals surface area contributed by atoms with E-state index in [2.05, 4.69) is 39.3 Å². The molecule has 0 amide bonds. The highest BCUT2D eigenvalue weighted by Gasteiger charge is 2.10. The summed E-state index contributed by atoms with van der Waals surface area (Å²) in [5.74, 6) is 0. The van der Waals surface area contributed by atoms with Crippen LogP contribution in [-0.2, 0) is 16.0 Å². The molecule has 1 aromatic rings. The summed E-state index contributed by atoms with van der Waals surface area (Å²) in [5.41, 5.74) is 1.31. The highest BCUT2D eigenvalue weighted by Crippen LogP contribution is 2.21. The average molecular weight is 294 g/mol. The summed E-state index contributed by atoms with van der Waals surface area (Å²) in [6, 6.07) is 2.13. The van der Waals surface area contributed by atoms with Crippen molar-refractivity contribution in [2.75, 3.05) is 27.8 Å². The summed E-state index contributed by atoms with van der Waals surface area (Å²) in [7, 11) is 5.36. The van der Waals surface area contributed by atoms with Crippen molar-refractivity contribution in [1.82, 2.24) is 4.90 Å². The number of thiophene rings is 1. The van der Waals surface area contributed by atoms with Gasteiger partial charge in [-0.2, -0.15) is 0 Å². The molecule has 0 aliphatic carbocycles. The van der Waals surface area contributed by atoms with Gasteiger partial charge in [-0.1, -0.05) is 0 Å². The average Bonchev–Trinajstić information content (AvgIpc) is 2.60. The largest absolute Gasteiger partial charge is 0.355 e. The highest BCUT2D eigenvalue weighted by atomic mass is 79.9. The summed E-state index contributed by atoms with van der Waals surface area (Å²) >= 11 is 5.16. The van der Waals surface area contributed by atoms with Crippen LogP contribution in [0.2, 0.25) is 0 Å². The molecule has 0 aromatic carbocycles. The van der Waals surface area contributed by atoms with Crippen LogP contribution in [0.25, 0.3) is 0 Å². The first-order chi connectivity index (χ1) is 7.15. The second kappa shape index (κ2) is 6.60. The van der Waals surface area contributed by atoms with E-state index in [4.69, 9.17) is 9.47 Å². The minimum atomic E-state index is -0.155. The maximum atomic E-state index is 5.14. The van der Waals surface area contributed by atoms with Crippen LogP contribution < -0.4 is 0 Å². The van der Waals surface area contributed by atoms with E-state index >= 15 is 0 Å². The Balaban J connectivity index is 2.38. The van der Waals surface area contributed by atoms with Gasteiger partial charge in [-0.3, -0.25) is 4.90 Å². The summed E-state index contributed by atoms with van der Waals surface area (Å²) in [6.07, 6.45) is -0.155. The fourth-order valence-corrected chi connectivity index (χ4v) is 2.51. The number of rotatable bonds is 6. The maximum Gasteiger partial charge on any atom is 0.169 e. The highest BCUT2D eigenvalue weighted by molar-refractivity contribution is 9.11. The van der Waals surface area contributed by atoms with Crippen LogP contribution in [0.5, 0.6) is 0 Å². The third-order valence-electron chi connectivity index (χ3n) is 2.06. The lowest BCUT2D eigenvalue weighted by atomic mass is 10.3. The Bertz CT molecular complexity index is 289. The zero-order chi connectivity index (χ0) is 11.3. The molecule has 15 heavy (non-hydrogen) atoms. The van der Waals surface area contributed by atoms with Crippen molar-refractivity contribution < 1.29 is 9.47 Å². The van der Waals surface area contributed by atoms with Gasteiger partial charge in [0.1, 0.15) is 0 Å². The number of ether oxygens (including phenoxy) is 2. The van der Waals surface area contributed by atoms with Crippen LogP contribution in [0.1, 0.15) is 5.56 Å². The zero-order valence-corrected chi connectivity index (χ0v) is 11.6. The number of methoxy groups -OCH3 is 2. The molecule has 0 atom stereocenters. The van der Waals surface area contributed by atoms with E-state index in [1.807, 2.05) is 0 Å². The van der Waals surface area contributed by atoms with Gasteiger partial charge in [0.25, 0.3) is 0 Å². The third-order valence-corrected chi connectivity index (χ3v) is 3.61. The van der Waals surface area contributed by atoms with E-state index < -0.39 is 0 Å². The first-order valence-corrected chi connectivity index (χ1v) is 6.30. The molecule has 3 nitrogen and oxygen atoms in total. The number of likely N-dealkylation sites (N-methyl/N-ethyl adjacent to an activating group) is 1. The Kier molecular flexibility index (Phi) is 5.78. The summed E-state index contributed by atoms with van der Waals surface area (Å²) in [6.45, 7) is 1.67. The van der Waals surface area contributed by atoms with E-state index in [1.165, 1.54) is 9.35 Å². The topological polar surface area (TPSA) is 21.7 Å². The van der Waals surface area contributed by atoms with E-state index in [1.54, 1.807) is 25.6 Å². The molecule has 0 bridgehead atoms. The van der Waals surface area contributed by atoms with Gasteiger partial charge >= 0.3 is 0 Å². The second-order valence-corrected chi connectivity index (χ2v) is 5.65. The van der Waals surface area contributed by atoms with Crippen LogP contribution in [0.15, 0.2) is 15.2 Å². The van der Waals surface area contributed by atoms with E-state index in [0.717, 1.165) is 13.1 Å². The molecule has 0 spiro atoms. The predicted octanol–water partition coefficient (Wildman–Crippen LogP) is 2.56. The van der Waals surface area contributed by atoms with Gasteiger partial charge < -0.3 is 9.47 Å². The molecule has 0 fully saturated rings. The lowest BCUT2D eigenvalue weighted by Gasteiger charge is -2.21. The molecule has 0 saturated carbocycles. The number of halogens is 1. The molecule has 0 aliphatic rings. The van der Waals surface area contributed by atoms with Gasteiger partial charge in [-0.15, -0.1) is 11.3 Å². The first kappa shape index (κ1) is 13.1. The van der Waals surface area contributed by atoms with Crippen LogP contribution >= 0.6 is 27.3 Å². The summed E-state index contributed by atoms with van der Waals surface area (Å²) < 4.78 is 11.5. The molecular formula is C10H16BrNO2S. The van der Waals surface area contributed by atoms with Crippen molar-refractivity contribution in [3.8, 4) is 0 Å². The predicted molar refractivity (Wildman–Crippen MR) is 66.2 cm³/mol. The van der Waals surface area contributed by atoms with E-state index in [9.17, 15) is 0 Å². The van der Waals surface area contributed by atoms with Crippen molar-refractivity contribution in [3.63, 3.8) is 0 Å². The monoisotopic (exact) mass is 293 g/mol. The Hall–Kier alpha value is 0.0600. The second-order valence-electron chi connectivity index (χ2n) is 3.36. The van der Waals surface area contributed by atoms with Gasteiger partial charge in [0, 0.05) is 27.3 Å². The normalized spacial score (nSPS) is 11.6. The molecule has 1 heterocycles. The van der Waals surface area contributed by atoms with Crippen molar-refractivity contribution >= 4 is 27.3 Å². The smallest absolute Gasteiger partial charge is 0.169 e. The maximum absolute atomic E-state index is 5.14. The van der Waals surface area contributed by atoms with Crippen molar-refractivity contribution in [2.24, 2.45) is 0 Å². The van der Waals surface area contributed by atoms with Crippen LogP contribution in [-0.4, -0.2) is 39.0 Å². The quantitative estimate of drug-likeness (QED) is 0.753. The molecule has 5 heteroatoms. The van der Waals surface area contributed by atoms with Crippen molar-refractivity contribution in [1.29, 1.82) is 0 Å². The molecule has 1 aromatic heterocycles. The Labute approximate surface area is 103 Å². The van der Waals surface area contributed by atoms with Crippen molar-refractivity contribution in [2.45, 2.75) is 12.8 Å². The molecule has 0 aliphatic heterocycles. The minimum absolute atomic E-state index is 0.155. The van der Waals surface area contributed by atoms with Crippen LogP contribution in [0, 0.1) is 0 Å². The molecule has 0 N–H and O–H groups in total. The molecule has 0 saturated heterocycles. The number of hydrogen-bond acceptors (Lipinski definition) is 4. The SMILES string of the molecule is COC(CN(C)Cc1csc(Br)c1)OC. The number of hydrogen-bond donors (Lipinski definition) is 0. The lowest BCUT2D eigenvalue weighted by molar-refractivity contribution is -0.114. The Morgan fingerprint density at radius 3 is 2.60 bits per heavy atom. The van der Waals surface area contributed by atoms with E-state index in [0.29, 0.717) is 0 Å². The van der Waals surface area contributed by atoms with E-state index in [-0.39, 0.29) is 6.29 Å². The molecule has 1 rings (SSSR count). The first-order valence-electron chi connectivity index (χ1n) is 4.62. The van der Waals surface area contributed by atoms with Gasteiger partial charge in [-0.05, 0) is 40.0 Å². The van der Waals surface area contributed by atoms with Crippen LogP contribution in [0.4, 0.5) is 0 Å². The Morgan fingerprint density at radius 2 is 2.13 bits per heavy atom. The third kappa shape index (κ3) is 4.61. The fourth-order valence-electron chi connectivity index (χ4n) is 1.30. The lowest BCUT2D eigenvalue weighted by Crippen LogP contribution is -2.31. The van der Waals surface area contributed by atoms with Crippen LogP contribution in [0.3, 0.4) is 0 Å². The summed E-state index contributed by atoms with van der Waals surface area (Å²) in [4.78, 5) is 2.17. The molecule has 86 valence electrons. The van der Waals surface area contributed by atoms with Gasteiger partial charge in [-0.25, -0.2) is 0 Å². The van der Waals surface area contributed by atoms with Gasteiger partial charge in [0.05, 0.1) is 3.79 Å². The number of nitrogens with zero attached hydrogens (tertiary/aromatic N) is 1. The van der Waals surface area contributed by atoms with Crippen molar-refractivity contribution in [3.05, 3.63) is 20.8 Å². The molecule has 0 unspecified atom stereocenters. The molecular weight excluding hydrogens is 278 g/mol.